The van der Waals surface area contributed by atoms with Crippen LogP contribution in [0.5, 0.6) is 17.2 Å². The summed E-state index contributed by atoms with van der Waals surface area (Å²) >= 11 is 0. The molecule has 1 aromatic heterocycles. The van der Waals surface area contributed by atoms with Crippen LogP contribution in [0.15, 0.2) is 36.4 Å². The predicted molar refractivity (Wildman–Crippen MR) is 86.9 cm³/mol. The highest BCUT2D eigenvalue weighted by molar-refractivity contribution is 5.73. The van der Waals surface area contributed by atoms with Crippen molar-refractivity contribution >= 4 is 0 Å². The molecule has 0 radical (unpaired) electrons. The van der Waals surface area contributed by atoms with Gasteiger partial charge in [0.05, 0.1) is 26.9 Å². The molecule has 0 fully saturated rings. The highest BCUT2D eigenvalue weighted by Crippen LogP contribution is 2.43. The van der Waals surface area contributed by atoms with Gasteiger partial charge in [-0.3, -0.25) is 5.10 Å². The third-order valence-corrected chi connectivity index (χ3v) is 3.55. The Hall–Kier alpha value is -3.09. The highest BCUT2D eigenvalue weighted by Gasteiger charge is 2.19. The van der Waals surface area contributed by atoms with Crippen molar-refractivity contribution in [2.45, 2.75) is 0 Å². The van der Waals surface area contributed by atoms with E-state index in [4.69, 9.17) is 14.2 Å². The molecule has 0 spiro atoms. The summed E-state index contributed by atoms with van der Waals surface area (Å²) in [4.78, 5) is 4.45. The van der Waals surface area contributed by atoms with Crippen molar-refractivity contribution in [1.29, 1.82) is 0 Å². The summed E-state index contributed by atoms with van der Waals surface area (Å²) in [7, 11) is 4.63. The van der Waals surface area contributed by atoms with Crippen LogP contribution < -0.4 is 14.2 Å². The number of nitrogens with one attached hydrogen (secondary N) is 1. The van der Waals surface area contributed by atoms with Crippen molar-refractivity contribution in [2.75, 3.05) is 21.3 Å². The van der Waals surface area contributed by atoms with E-state index in [0.29, 0.717) is 40.0 Å². The summed E-state index contributed by atoms with van der Waals surface area (Å²) in [5, 5.41) is 7.05. The molecule has 0 saturated heterocycles. The summed E-state index contributed by atoms with van der Waals surface area (Å²) in [5.41, 5.74) is 1.38. The Morgan fingerprint density at radius 2 is 1.58 bits per heavy atom. The molecule has 0 unspecified atom stereocenters. The fraction of sp³-hybridized carbons (Fsp3) is 0.176. The van der Waals surface area contributed by atoms with Crippen LogP contribution >= 0.6 is 0 Å². The molecule has 124 valence electrons. The minimum Gasteiger partial charge on any atom is -0.493 e. The van der Waals surface area contributed by atoms with E-state index in [0.717, 1.165) is 0 Å². The van der Waals surface area contributed by atoms with Gasteiger partial charge in [0, 0.05) is 5.56 Å². The van der Waals surface area contributed by atoms with Gasteiger partial charge in [-0.15, -0.1) is 0 Å². The van der Waals surface area contributed by atoms with Crippen LogP contribution in [0.3, 0.4) is 0 Å². The maximum absolute atomic E-state index is 13.0. The van der Waals surface area contributed by atoms with E-state index in [9.17, 15) is 4.39 Å². The summed E-state index contributed by atoms with van der Waals surface area (Å²) in [6, 6.07) is 9.53. The second-order valence-electron chi connectivity index (χ2n) is 4.90. The lowest BCUT2D eigenvalue weighted by Gasteiger charge is -2.14. The van der Waals surface area contributed by atoms with Crippen LogP contribution in [0.4, 0.5) is 4.39 Å². The molecule has 6 nitrogen and oxygen atoms in total. The number of aromatic amines is 1. The van der Waals surface area contributed by atoms with Crippen molar-refractivity contribution < 1.29 is 18.6 Å². The van der Waals surface area contributed by atoms with E-state index in [-0.39, 0.29) is 5.82 Å². The van der Waals surface area contributed by atoms with E-state index in [1.807, 2.05) is 0 Å². The Balaban J connectivity index is 2.05. The van der Waals surface area contributed by atoms with Gasteiger partial charge in [0.1, 0.15) is 5.82 Å². The molecule has 0 bridgehead atoms. The average molecular weight is 329 g/mol. The van der Waals surface area contributed by atoms with Gasteiger partial charge in [0.2, 0.25) is 5.75 Å². The number of hydrogen-bond acceptors (Lipinski definition) is 5. The predicted octanol–water partition coefficient (Wildman–Crippen LogP) is 3.30. The summed E-state index contributed by atoms with van der Waals surface area (Å²) < 4.78 is 29.1. The van der Waals surface area contributed by atoms with Gasteiger partial charge in [-0.05, 0) is 36.4 Å². The molecule has 0 aliphatic heterocycles. The van der Waals surface area contributed by atoms with Crippen LogP contribution in [0.25, 0.3) is 22.8 Å². The van der Waals surface area contributed by atoms with Gasteiger partial charge < -0.3 is 14.2 Å². The van der Waals surface area contributed by atoms with Crippen LogP contribution in [0.2, 0.25) is 0 Å². The third kappa shape index (κ3) is 2.76. The minimum absolute atomic E-state index is 0.309. The molecule has 0 atom stereocenters. The molecule has 1 heterocycles. The molecule has 3 aromatic rings. The number of ether oxygens (including phenoxy) is 3. The molecular weight excluding hydrogens is 313 g/mol. The Kier molecular flexibility index (Phi) is 4.33. The van der Waals surface area contributed by atoms with Gasteiger partial charge >= 0.3 is 0 Å². The molecule has 7 heteroatoms. The van der Waals surface area contributed by atoms with Crippen molar-refractivity contribution in [3.63, 3.8) is 0 Å². The highest BCUT2D eigenvalue weighted by atomic mass is 19.1. The fourth-order valence-corrected chi connectivity index (χ4v) is 2.40. The number of rotatable bonds is 5. The summed E-state index contributed by atoms with van der Waals surface area (Å²) in [6.07, 6.45) is 0. The van der Waals surface area contributed by atoms with Crippen LogP contribution in [0, 0.1) is 5.82 Å². The standard InChI is InChI=1S/C17H16FN3O3/c1-22-13-9-8-12(14(23-2)15(13)24-3)17-19-16(20-21-17)10-4-6-11(18)7-5-10/h4-9H,1-3H3,(H,19,20,21). The van der Waals surface area contributed by atoms with Crippen molar-refractivity contribution in [3.8, 4) is 40.0 Å². The molecule has 0 saturated carbocycles. The first-order valence-corrected chi connectivity index (χ1v) is 7.15. The number of halogens is 1. The second kappa shape index (κ2) is 6.57. The smallest absolute Gasteiger partial charge is 0.204 e. The molecule has 24 heavy (non-hydrogen) atoms. The molecule has 1 N–H and O–H groups in total. The van der Waals surface area contributed by atoms with E-state index >= 15 is 0 Å². The minimum atomic E-state index is -0.309. The fourth-order valence-electron chi connectivity index (χ4n) is 2.40. The zero-order valence-electron chi connectivity index (χ0n) is 13.5. The molecular formula is C17H16FN3O3. The van der Waals surface area contributed by atoms with Crippen molar-refractivity contribution in [3.05, 3.63) is 42.2 Å². The average Bonchev–Trinajstić information content (AvgIpc) is 3.10. The second-order valence-corrected chi connectivity index (χ2v) is 4.90. The number of H-pyrrole nitrogens is 1. The SMILES string of the molecule is COc1ccc(-c2nc(-c3ccc(F)cc3)n[nH]2)c(OC)c1OC. The van der Waals surface area contributed by atoms with E-state index in [1.54, 1.807) is 31.4 Å². The molecule has 0 aliphatic rings. The van der Waals surface area contributed by atoms with E-state index < -0.39 is 0 Å². The molecule has 3 rings (SSSR count). The maximum Gasteiger partial charge on any atom is 0.204 e. The Bertz CT molecular complexity index is 847. The molecule has 0 amide bonds. The lowest BCUT2D eigenvalue weighted by molar-refractivity contribution is 0.325. The summed E-state index contributed by atoms with van der Waals surface area (Å²) in [5.74, 6) is 2.16. The largest absolute Gasteiger partial charge is 0.493 e. The number of nitrogens with zero attached hydrogens (tertiary/aromatic N) is 2. The molecule has 2 aromatic carbocycles. The Morgan fingerprint density at radius 3 is 2.21 bits per heavy atom. The summed E-state index contributed by atoms with van der Waals surface area (Å²) in [6.45, 7) is 0. The van der Waals surface area contributed by atoms with Crippen LogP contribution in [0.1, 0.15) is 0 Å². The zero-order valence-corrected chi connectivity index (χ0v) is 13.5. The van der Waals surface area contributed by atoms with Crippen LogP contribution in [-0.2, 0) is 0 Å². The lowest BCUT2D eigenvalue weighted by Crippen LogP contribution is -1.97. The normalized spacial score (nSPS) is 10.5. The first-order valence-electron chi connectivity index (χ1n) is 7.15. The van der Waals surface area contributed by atoms with Gasteiger partial charge in [-0.1, -0.05) is 0 Å². The van der Waals surface area contributed by atoms with Crippen LogP contribution in [-0.4, -0.2) is 36.5 Å². The Morgan fingerprint density at radius 1 is 0.875 bits per heavy atom. The first kappa shape index (κ1) is 15.8. The number of hydrogen-bond donors (Lipinski definition) is 1. The molecule has 0 aliphatic carbocycles. The van der Waals surface area contributed by atoms with Gasteiger partial charge in [0.15, 0.2) is 23.1 Å². The van der Waals surface area contributed by atoms with Gasteiger partial charge in [-0.2, -0.15) is 5.10 Å². The van der Waals surface area contributed by atoms with Gasteiger partial charge in [0.25, 0.3) is 0 Å². The first-order chi connectivity index (χ1) is 11.7. The maximum atomic E-state index is 13.0. The van der Waals surface area contributed by atoms with Gasteiger partial charge in [-0.25, -0.2) is 9.37 Å². The zero-order chi connectivity index (χ0) is 17.1. The monoisotopic (exact) mass is 329 g/mol. The lowest BCUT2D eigenvalue weighted by atomic mass is 10.1. The third-order valence-electron chi connectivity index (χ3n) is 3.55. The van der Waals surface area contributed by atoms with E-state index in [1.165, 1.54) is 26.4 Å². The van der Waals surface area contributed by atoms with Crippen molar-refractivity contribution in [1.82, 2.24) is 15.2 Å². The number of aromatic nitrogens is 3. The topological polar surface area (TPSA) is 69.3 Å². The number of benzene rings is 2. The van der Waals surface area contributed by atoms with Crippen molar-refractivity contribution in [2.24, 2.45) is 0 Å². The van der Waals surface area contributed by atoms with E-state index in [2.05, 4.69) is 15.2 Å². The number of methoxy groups -OCH3 is 3. The quantitative estimate of drug-likeness (QED) is 0.778. The Labute approximate surface area is 138 Å².